The molecule has 1 amide bonds. The van der Waals surface area contributed by atoms with Crippen molar-refractivity contribution in [3.8, 4) is 5.75 Å². The highest BCUT2D eigenvalue weighted by molar-refractivity contribution is 5.77. The number of amides is 1. The Morgan fingerprint density at radius 2 is 2.00 bits per heavy atom. The minimum Gasteiger partial charge on any atom is -0.435 e. The number of benzene rings is 1. The molecule has 0 spiro atoms. The van der Waals surface area contributed by atoms with Gasteiger partial charge in [0.2, 0.25) is 5.91 Å². The first-order chi connectivity index (χ1) is 10.1. The highest BCUT2D eigenvalue weighted by Gasteiger charge is 2.20. The van der Waals surface area contributed by atoms with Crippen LogP contribution in [0.3, 0.4) is 0 Å². The Morgan fingerprint density at radius 3 is 2.62 bits per heavy atom. The van der Waals surface area contributed by atoms with Crippen molar-refractivity contribution in [1.29, 1.82) is 0 Å². The van der Waals surface area contributed by atoms with E-state index < -0.39 is 6.61 Å². The van der Waals surface area contributed by atoms with Crippen LogP contribution in [-0.4, -0.2) is 32.2 Å². The lowest BCUT2D eigenvalue weighted by Gasteiger charge is -2.08. The summed E-state index contributed by atoms with van der Waals surface area (Å²) in [6, 6.07) is 6.44. The summed E-state index contributed by atoms with van der Waals surface area (Å²) in [4.78, 5) is 11.5. The zero-order valence-electron chi connectivity index (χ0n) is 11.8. The Kier molecular flexibility index (Phi) is 5.92. The zero-order valence-corrected chi connectivity index (χ0v) is 11.8. The number of carbonyl (C=O) groups excluding carboxylic acids is 1. The van der Waals surface area contributed by atoms with Crippen LogP contribution in [0.5, 0.6) is 5.75 Å². The van der Waals surface area contributed by atoms with Crippen molar-refractivity contribution in [1.82, 2.24) is 10.6 Å². The van der Waals surface area contributed by atoms with Crippen molar-refractivity contribution in [2.24, 2.45) is 5.92 Å². The molecular formula is C15H20F2N2O2. The second-order valence-corrected chi connectivity index (χ2v) is 5.20. The first-order valence-electron chi connectivity index (χ1n) is 7.14. The molecule has 0 heterocycles. The predicted molar refractivity (Wildman–Crippen MR) is 75.4 cm³/mol. The predicted octanol–water partition coefficient (Wildman–Crippen LogP) is 1.95. The van der Waals surface area contributed by atoms with Gasteiger partial charge in [-0.05, 0) is 49.4 Å². The smallest absolute Gasteiger partial charge is 0.387 e. The maximum Gasteiger partial charge on any atom is 0.387 e. The first kappa shape index (κ1) is 15.7. The fraction of sp³-hybridized carbons (Fsp3) is 0.533. The molecular weight excluding hydrogens is 278 g/mol. The number of hydrogen-bond acceptors (Lipinski definition) is 3. The second kappa shape index (κ2) is 7.93. The van der Waals surface area contributed by atoms with E-state index in [0.29, 0.717) is 19.5 Å². The third kappa shape index (κ3) is 6.53. The Bertz CT molecular complexity index is 447. The zero-order chi connectivity index (χ0) is 15.1. The van der Waals surface area contributed by atoms with Crippen molar-refractivity contribution in [3.63, 3.8) is 0 Å². The van der Waals surface area contributed by atoms with E-state index in [0.717, 1.165) is 18.0 Å². The van der Waals surface area contributed by atoms with E-state index in [2.05, 4.69) is 15.4 Å². The largest absolute Gasteiger partial charge is 0.435 e. The van der Waals surface area contributed by atoms with E-state index in [1.54, 1.807) is 12.1 Å². The molecule has 116 valence electrons. The van der Waals surface area contributed by atoms with Gasteiger partial charge >= 0.3 is 6.61 Å². The summed E-state index contributed by atoms with van der Waals surface area (Å²) in [5.74, 6) is 0.877. The van der Waals surface area contributed by atoms with Crippen molar-refractivity contribution in [3.05, 3.63) is 29.8 Å². The van der Waals surface area contributed by atoms with Gasteiger partial charge in [-0.1, -0.05) is 12.1 Å². The molecule has 21 heavy (non-hydrogen) atoms. The molecule has 1 aromatic carbocycles. The van der Waals surface area contributed by atoms with Crippen LogP contribution in [0.25, 0.3) is 0 Å². The molecule has 0 aromatic heterocycles. The molecule has 1 saturated carbocycles. The fourth-order valence-electron chi connectivity index (χ4n) is 1.96. The Balaban J connectivity index is 1.59. The van der Waals surface area contributed by atoms with Crippen LogP contribution in [0.1, 0.15) is 18.4 Å². The molecule has 0 unspecified atom stereocenters. The molecule has 0 aliphatic heterocycles. The van der Waals surface area contributed by atoms with Gasteiger partial charge in [0.1, 0.15) is 5.75 Å². The standard InChI is InChI=1S/C15H20F2N2O2/c16-15(17)21-13-5-3-11(4-6-13)7-8-19-14(20)10-18-9-12-1-2-12/h3-6,12,15,18H,1-2,7-10H2,(H,19,20). The summed E-state index contributed by atoms with van der Waals surface area (Å²) in [7, 11) is 0. The molecule has 0 bridgehead atoms. The highest BCUT2D eigenvalue weighted by Crippen LogP contribution is 2.27. The summed E-state index contributed by atoms with van der Waals surface area (Å²) >= 11 is 0. The van der Waals surface area contributed by atoms with E-state index in [1.165, 1.54) is 25.0 Å². The quantitative estimate of drug-likeness (QED) is 0.732. The molecule has 2 rings (SSSR count). The van der Waals surface area contributed by atoms with Gasteiger partial charge in [-0.25, -0.2) is 0 Å². The van der Waals surface area contributed by atoms with Crippen molar-refractivity contribution < 1.29 is 18.3 Å². The van der Waals surface area contributed by atoms with Crippen LogP contribution in [0.2, 0.25) is 0 Å². The van der Waals surface area contributed by atoms with Crippen LogP contribution in [0.15, 0.2) is 24.3 Å². The molecule has 1 aliphatic rings. The van der Waals surface area contributed by atoms with Crippen LogP contribution < -0.4 is 15.4 Å². The Labute approximate surface area is 122 Å². The summed E-state index contributed by atoms with van der Waals surface area (Å²) in [5.41, 5.74) is 0.961. The molecule has 6 heteroatoms. The first-order valence-corrected chi connectivity index (χ1v) is 7.14. The summed E-state index contributed by atoms with van der Waals surface area (Å²) in [5, 5.41) is 5.94. The topological polar surface area (TPSA) is 50.4 Å². The Morgan fingerprint density at radius 1 is 1.29 bits per heavy atom. The van der Waals surface area contributed by atoms with Gasteiger partial charge in [-0.15, -0.1) is 0 Å². The maximum absolute atomic E-state index is 12.0. The van der Waals surface area contributed by atoms with Crippen LogP contribution in [0, 0.1) is 5.92 Å². The van der Waals surface area contributed by atoms with Gasteiger partial charge in [0, 0.05) is 6.54 Å². The summed E-state index contributed by atoms with van der Waals surface area (Å²) in [6.07, 6.45) is 3.18. The van der Waals surface area contributed by atoms with Gasteiger partial charge in [-0.2, -0.15) is 8.78 Å². The highest BCUT2D eigenvalue weighted by atomic mass is 19.3. The van der Waals surface area contributed by atoms with Gasteiger partial charge in [0.05, 0.1) is 6.54 Å². The van der Waals surface area contributed by atoms with Crippen LogP contribution in [-0.2, 0) is 11.2 Å². The number of ether oxygens (including phenoxy) is 1. The van der Waals surface area contributed by atoms with E-state index >= 15 is 0 Å². The average Bonchev–Trinajstić information content (AvgIpc) is 3.24. The lowest BCUT2D eigenvalue weighted by Crippen LogP contribution is -2.35. The SMILES string of the molecule is O=C(CNCC1CC1)NCCc1ccc(OC(F)F)cc1. The minimum atomic E-state index is -2.81. The normalized spacial score (nSPS) is 14.2. The monoisotopic (exact) mass is 298 g/mol. The minimum absolute atomic E-state index is 0.0201. The van der Waals surface area contributed by atoms with E-state index in [4.69, 9.17) is 0 Å². The number of rotatable bonds is 9. The summed E-state index contributed by atoms with van der Waals surface area (Å²) in [6.45, 7) is -1.02. The second-order valence-electron chi connectivity index (χ2n) is 5.20. The summed E-state index contributed by atoms with van der Waals surface area (Å²) < 4.78 is 28.3. The molecule has 1 fully saturated rings. The third-order valence-electron chi connectivity index (χ3n) is 3.30. The maximum atomic E-state index is 12.0. The molecule has 1 aromatic rings. The molecule has 0 radical (unpaired) electrons. The lowest BCUT2D eigenvalue weighted by molar-refractivity contribution is -0.120. The van der Waals surface area contributed by atoms with Crippen LogP contribution in [0.4, 0.5) is 8.78 Å². The number of halogens is 2. The molecule has 0 saturated heterocycles. The van der Waals surface area contributed by atoms with Crippen molar-refractivity contribution >= 4 is 5.91 Å². The number of carbonyl (C=O) groups is 1. The average molecular weight is 298 g/mol. The van der Waals surface area contributed by atoms with Gasteiger partial charge < -0.3 is 15.4 Å². The number of hydrogen-bond donors (Lipinski definition) is 2. The van der Waals surface area contributed by atoms with Crippen molar-refractivity contribution in [2.75, 3.05) is 19.6 Å². The lowest BCUT2D eigenvalue weighted by atomic mass is 10.1. The molecule has 1 aliphatic carbocycles. The van der Waals surface area contributed by atoms with Gasteiger partial charge in [-0.3, -0.25) is 4.79 Å². The third-order valence-corrected chi connectivity index (χ3v) is 3.30. The number of nitrogens with one attached hydrogen (secondary N) is 2. The van der Waals surface area contributed by atoms with E-state index in [1.807, 2.05) is 0 Å². The van der Waals surface area contributed by atoms with Crippen LogP contribution >= 0.6 is 0 Å². The molecule has 4 nitrogen and oxygen atoms in total. The van der Waals surface area contributed by atoms with Crippen molar-refractivity contribution in [2.45, 2.75) is 25.9 Å². The van der Waals surface area contributed by atoms with E-state index in [-0.39, 0.29) is 11.7 Å². The Hall–Kier alpha value is -1.69. The van der Waals surface area contributed by atoms with Gasteiger partial charge in [0.25, 0.3) is 0 Å². The molecule has 2 N–H and O–H groups in total. The fourth-order valence-corrected chi connectivity index (χ4v) is 1.96. The molecule has 0 atom stereocenters. The number of alkyl halides is 2. The van der Waals surface area contributed by atoms with E-state index in [9.17, 15) is 13.6 Å². The van der Waals surface area contributed by atoms with Gasteiger partial charge in [0.15, 0.2) is 0 Å².